The smallest absolute Gasteiger partial charge is 0.251 e. The topological polar surface area (TPSA) is 47.6 Å². The quantitative estimate of drug-likeness (QED) is 0.825. The zero-order valence-corrected chi connectivity index (χ0v) is 9.45. The van der Waals surface area contributed by atoms with Gasteiger partial charge in [0.2, 0.25) is 0 Å². The highest BCUT2D eigenvalue weighted by Crippen LogP contribution is 2.32. The summed E-state index contributed by atoms with van der Waals surface area (Å²) in [7, 11) is 3.29. The van der Waals surface area contributed by atoms with E-state index in [-0.39, 0.29) is 11.5 Å². The van der Waals surface area contributed by atoms with E-state index in [1.165, 1.54) is 0 Å². The summed E-state index contributed by atoms with van der Waals surface area (Å²) in [6, 6.07) is 7.42. The van der Waals surface area contributed by atoms with E-state index in [0.717, 1.165) is 5.56 Å². The van der Waals surface area contributed by atoms with Crippen LogP contribution in [0.4, 0.5) is 0 Å². The Hall–Kier alpha value is -1.39. The number of hydrogen-bond acceptors (Lipinski definition) is 3. The summed E-state index contributed by atoms with van der Waals surface area (Å²) in [4.78, 5) is 11.4. The van der Waals surface area contributed by atoms with Crippen LogP contribution in [0.2, 0.25) is 0 Å². The summed E-state index contributed by atoms with van der Waals surface area (Å²) in [6.07, 6.45) is 0. The Labute approximate surface area is 94.6 Å². The molecule has 16 heavy (non-hydrogen) atoms. The number of amides is 1. The maximum Gasteiger partial charge on any atom is 0.251 e. The maximum atomic E-state index is 11.4. The number of ether oxygens (including phenoxy) is 2. The van der Waals surface area contributed by atoms with E-state index in [2.05, 4.69) is 5.32 Å². The van der Waals surface area contributed by atoms with Crippen LogP contribution in [0, 0.1) is 0 Å². The molecular formula is C12H15NO3. The molecule has 0 saturated carbocycles. The van der Waals surface area contributed by atoms with Crippen LogP contribution in [0.5, 0.6) is 0 Å². The van der Waals surface area contributed by atoms with Crippen molar-refractivity contribution in [2.24, 2.45) is 0 Å². The van der Waals surface area contributed by atoms with Crippen LogP contribution in [0.1, 0.15) is 15.9 Å². The average molecular weight is 221 g/mol. The van der Waals surface area contributed by atoms with Crippen molar-refractivity contribution in [1.29, 1.82) is 0 Å². The molecule has 86 valence electrons. The van der Waals surface area contributed by atoms with Crippen molar-refractivity contribution in [1.82, 2.24) is 5.32 Å². The Balaban J connectivity index is 2.22. The van der Waals surface area contributed by atoms with E-state index in [0.29, 0.717) is 18.8 Å². The van der Waals surface area contributed by atoms with Gasteiger partial charge in [-0.1, -0.05) is 12.1 Å². The number of hydrogen-bond donors (Lipinski definition) is 1. The van der Waals surface area contributed by atoms with Gasteiger partial charge in [-0.25, -0.2) is 0 Å². The van der Waals surface area contributed by atoms with Crippen LogP contribution >= 0.6 is 0 Å². The number of nitrogens with one attached hydrogen (secondary N) is 1. The number of carbonyl (C=O) groups is 1. The Bertz CT molecular complexity index is 376. The van der Waals surface area contributed by atoms with Gasteiger partial charge in [0.15, 0.2) is 0 Å². The van der Waals surface area contributed by atoms with Gasteiger partial charge in [0.1, 0.15) is 5.60 Å². The second-order valence-electron chi connectivity index (χ2n) is 3.85. The van der Waals surface area contributed by atoms with Crippen LogP contribution in [0.3, 0.4) is 0 Å². The summed E-state index contributed by atoms with van der Waals surface area (Å²) in [5, 5.41) is 2.59. The highest BCUT2D eigenvalue weighted by atomic mass is 16.6. The molecule has 1 aromatic carbocycles. The van der Waals surface area contributed by atoms with E-state index in [9.17, 15) is 4.79 Å². The van der Waals surface area contributed by atoms with Gasteiger partial charge in [-0.05, 0) is 17.7 Å². The first kappa shape index (κ1) is 11.1. The molecule has 0 bridgehead atoms. The molecule has 1 aliphatic rings. The molecular weight excluding hydrogens is 206 g/mol. The third-order valence-electron chi connectivity index (χ3n) is 2.96. The number of methoxy groups -OCH3 is 1. The van der Waals surface area contributed by atoms with E-state index >= 15 is 0 Å². The maximum absolute atomic E-state index is 11.4. The fourth-order valence-electron chi connectivity index (χ4n) is 1.76. The van der Waals surface area contributed by atoms with Crippen molar-refractivity contribution in [3.8, 4) is 0 Å². The monoisotopic (exact) mass is 221 g/mol. The number of benzene rings is 1. The van der Waals surface area contributed by atoms with Crippen molar-refractivity contribution >= 4 is 5.91 Å². The lowest BCUT2D eigenvalue weighted by Crippen LogP contribution is -2.48. The van der Waals surface area contributed by atoms with E-state index in [4.69, 9.17) is 9.47 Å². The van der Waals surface area contributed by atoms with Gasteiger partial charge in [0.05, 0.1) is 13.2 Å². The third-order valence-corrected chi connectivity index (χ3v) is 2.96. The van der Waals surface area contributed by atoms with Crippen molar-refractivity contribution < 1.29 is 14.3 Å². The number of carbonyl (C=O) groups excluding carboxylic acids is 1. The van der Waals surface area contributed by atoms with Gasteiger partial charge >= 0.3 is 0 Å². The van der Waals surface area contributed by atoms with E-state index in [1.54, 1.807) is 26.3 Å². The molecule has 1 fully saturated rings. The van der Waals surface area contributed by atoms with Gasteiger partial charge in [0.25, 0.3) is 5.91 Å². The van der Waals surface area contributed by atoms with Crippen LogP contribution in [0.15, 0.2) is 24.3 Å². The lowest BCUT2D eigenvalue weighted by atomic mass is 9.91. The average Bonchev–Trinajstić information content (AvgIpc) is 2.28. The molecule has 1 N–H and O–H groups in total. The second-order valence-corrected chi connectivity index (χ2v) is 3.85. The van der Waals surface area contributed by atoms with Gasteiger partial charge in [-0.15, -0.1) is 0 Å². The highest BCUT2D eigenvalue weighted by molar-refractivity contribution is 5.93. The zero-order chi connectivity index (χ0) is 11.6. The molecule has 0 radical (unpaired) electrons. The molecule has 0 unspecified atom stereocenters. The van der Waals surface area contributed by atoms with Crippen LogP contribution in [0.25, 0.3) is 0 Å². The first-order valence-corrected chi connectivity index (χ1v) is 5.17. The Morgan fingerprint density at radius 2 is 2.00 bits per heavy atom. The zero-order valence-electron chi connectivity index (χ0n) is 9.45. The predicted octanol–water partition coefficient (Wildman–Crippen LogP) is 0.918. The minimum Gasteiger partial charge on any atom is -0.375 e. The molecule has 1 amide bonds. The molecule has 4 heteroatoms. The summed E-state index contributed by atoms with van der Waals surface area (Å²) in [5.41, 5.74) is 1.38. The van der Waals surface area contributed by atoms with Gasteiger partial charge < -0.3 is 14.8 Å². The predicted molar refractivity (Wildman–Crippen MR) is 59.3 cm³/mol. The standard InChI is InChI=1S/C12H15NO3/c1-13-11(14)9-3-5-10(6-4-9)12(15-2)7-16-8-12/h3-6H,7-8H2,1-2H3,(H,13,14). The molecule has 2 rings (SSSR count). The van der Waals surface area contributed by atoms with Crippen LogP contribution in [-0.2, 0) is 15.1 Å². The molecule has 1 aliphatic heterocycles. The second kappa shape index (κ2) is 4.23. The van der Waals surface area contributed by atoms with Crippen LogP contribution < -0.4 is 5.32 Å². The van der Waals surface area contributed by atoms with Crippen molar-refractivity contribution in [2.45, 2.75) is 5.60 Å². The SMILES string of the molecule is CNC(=O)c1ccc(C2(OC)COC2)cc1. The first-order chi connectivity index (χ1) is 7.72. The molecule has 0 aromatic heterocycles. The first-order valence-electron chi connectivity index (χ1n) is 5.17. The summed E-state index contributed by atoms with van der Waals surface area (Å²) < 4.78 is 10.6. The van der Waals surface area contributed by atoms with Crippen molar-refractivity contribution in [3.63, 3.8) is 0 Å². The van der Waals surface area contributed by atoms with E-state index in [1.807, 2.05) is 12.1 Å². The molecule has 1 aromatic rings. The van der Waals surface area contributed by atoms with Gasteiger partial charge in [-0.3, -0.25) is 4.79 Å². The Morgan fingerprint density at radius 3 is 2.38 bits per heavy atom. The third kappa shape index (κ3) is 1.70. The largest absolute Gasteiger partial charge is 0.375 e. The highest BCUT2D eigenvalue weighted by Gasteiger charge is 2.40. The van der Waals surface area contributed by atoms with Crippen LogP contribution in [-0.4, -0.2) is 33.3 Å². The molecule has 1 saturated heterocycles. The fraction of sp³-hybridized carbons (Fsp3) is 0.417. The summed E-state index contributed by atoms with van der Waals surface area (Å²) in [5.74, 6) is -0.0807. The van der Waals surface area contributed by atoms with E-state index < -0.39 is 0 Å². The minimum absolute atomic E-state index is 0.0807. The van der Waals surface area contributed by atoms with Gasteiger partial charge in [-0.2, -0.15) is 0 Å². The summed E-state index contributed by atoms with van der Waals surface area (Å²) >= 11 is 0. The Kier molecular flexibility index (Phi) is 2.94. The Morgan fingerprint density at radius 1 is 1.38 bits per heavy atom. The summed E-state index contributed by atoms with van der Waals surface area (Å²) in [6.45, 7) is 1.14. The number of rotatable bonds is 3. The molecule has 1 heterocycles. The fourth-order valence-corrected chi connectivity index (χ4v) is 1.76. The lowest BCUT2D eigenvalue weighted by Gasteiger charge is -2.40. The van der Waals surface area contributed by atoms with Crippen molar-refractivity contribution in [3.05, 3.63) is 35.4 Å². The molecule has 0 spiro atoms. The molecule has 0 aliphatic carbocycles. The van der Waals surface area contributed by atoms with Gasteiger partial charge in [0, 0.05) is 19.7 Å². The lowest BCUT2D eigenvalue weighted by molar-refractivity contribution is -0.202. The van der Waals surface area contributed by atoms with Crippen molar-refractivity contribution in [2.75, 3.05) is 27.4 Å². The normalized spacial score (nSPS) is 17.6. The molecule has 0 atom stereocenters. The minimum atomic E-state index is -0.318. The molecule has 4 nitrogen and oxygen atoms in total.